The second-order valence-corrected chi connectivity index (χ2v) is 8.04. The van der Waals surface area contributed by atoms with Crippen molar-refractivity contribution in [2.24, 2.45) is 0 Å². The van der Waals surface area contributed by atoms with Crippen LogP contribution in [0.4, 0.5) is 0 Å². The van der Waals surface area contributed by atoms with E-state index in [1.54, 1.807) is 9.13 Å². The second-order valence-electron chi connectivity index (χ2n) is 6.21. The average molecular weight is 484 g/mol. The Morgan fingerprint density at radius 3 is 1.67 bits per heavy atom. The third kappa shape index (κ3) is 3.33. The van der Waals surface area contributed by atoms with Gasteiger partial charge in [-0.25, -0.2) is 4.79 Å². The summed E-state index contributed by atoms with van der Waals surface area (Å²) in [7, 11) is 0. The summed E-state index contributed by atoms with van der Waals surface area (Å²) in [5.41, 5.74) is 4.39. The fourth-order valence-corrected chi connectivity index (χ4v) is 3.79. The lowest BCUT2D eigenvalue weighted by atomic mass is 10.1. The molecule has 0 unspecified atom stereocenters. The van der Waals surface area contributed by atoms with Gasteiger partial charge < -0.3 is 0 Å². The molecule has 0 aliphatic rings. The predicted molar refractivity (Wildman–Crippen MR) is 117 cm³/mol. The average Bonchev–Trinajstić information content (AvgIpc) is 2.94. The molecular weight excluding hydrogens is 468 g/mol. The number of halogens is 2. The molecule has 1 aromatic heterocycles. The van der Waals surface area contributed by atoms with Crippen LogP contribution >= 0.6 is 31.9 Å². The van der Waals surface area contributed by atoms with E-state index in [-0.39, 0.29) is 5.69 Å². The van der Waals surface area contributed by atoms with Gasteiger partial charge in [-0.2, -0.15) is 0 Å². The van der Waals surface area contributed by atoms with Crippen molar-refractivity contribution in [2.75, 3.05) is 0 Å². The van der Waals surface area contributed by atoms with Crippen LogP contribution in [-0.2, 0) is 0 Å². The minimum Gasteiger partial charge on any atom is -0.264 e. The number of nitrogens with zero attached hydrogens (tertiary/aromatic N) is 2. The Kier molecular flexibility index (Phi) is 4.89. The lowest BCUT2D eigenvalue weighted by molar-refractivity contribution is 0.896. The van der Waals surface area contributed by atoms with E-state index in [2.05, 4.69) is 31.9 Å². The summed E-state index contributed by atoms with van der Waals surface area (Å²) in [6.07, 6.45) is 0. The van der Waals surface area contributed by atoms with E-state index in [1.807, 2.05) is 85.8 Å². The highest BCUT2D eigenvalue weighted by molar-refractivity contribution is 9.10. The van der Waals surface area contributed by atoms with Gasteiger partial charge in [0.25, 0.3) is 0 Å². The zero-order chi connectivity index (χ0) is 19.0. The highest BCUT2D eigenvalue weighted by Gasteiger charge is 2.20. The van der Waals surface area contributed by atoms with Crippen LogP contribution in [0.25, 0.3) is 22.6 Å². The Morgan fingerprint density at radius 1 is 0.667 bits per heavy atom. The molecule has 0 spiro atoms. The van der Waals surface area contributed by atoms with Crippen molar-refractivity contribution in [1.82, 2.24) is 9.13 Å². The third-order valence-corrected chi connectivity index (χ3v) is 5.56. The molecule has 3 nitrogen and oxygen atoms in total. The fraction of sp³-hybridized carbons (Fsp3) is 0.0455. The van der Waals surface area contributed by atoms with Gasteiger partial charge in [-0.1, -0.05) is 62.2 Å². The van der Waals surface area contributed by atoms with Gasteiger partial charge in [0, 0.05) is 20.2 Å². The molecule has 4 rings (SSSR count). The van der Waals surface area contributed by atoms with Crippen LogP contribution in [0.2, 0.25) is 0 Å². The molecule has 5 heteroatoms. The lowest BCUT2D eigenvalue weighted by Gasteiger charge is -2.09. The summed E-state index contributed by atoms with van der Waals surface area (Å²) < 4.78 is 5.49. The maximum atomic E-state index is 13.5. The molecule has 3 aromatic carbocycles. The Balaban J connectivity index is 2.04. The first-order chi connectivity index (χ1) is 13.1. The Hall–Kier alpha value is -2.37. The van der Waals surface area contributed by atoms with Gasteiger partial charge in [-0.05, 0) is 55.5 Å². The number of rotatable bonds is 3. The number of benzene rings is 3. The van der Waals surface area contributed by atoms with Crippen molar-refractivity contribution < 1.29 is 0 Å². The molecule has 1 heterocycles. The maximum absolute atomic E-state index is 13.5. The Morgan fingerprint density at radius 2 is 1.15 bits per heavy atom. The van der Waals surface area contributed by atoms with Gasteiger partial charge in [0.2, 0.25) is 0 Å². The summed E-state index contributed by atoms with van der Waals surface area (Å²) in [6.45, 7) is 1.99. The van der Waals surface area contributed by atoms with Gasteiger partial charge in [-0.3, -0.25) is 9.13 Å². The molecule has 134 valence electrons. The van der Waals surface area contributed by atoms with Crippen molar-refractivity contribution in [3.63, 3.8) is 0 Å². The summed E-state index contributed by atoms with van der Waals surface area (Å²) >= 11 is 6.92. The summed E-state index contributed by atoms with van der Waals surface area (Å²) in [4.78, 5) is 13.5. The minimum atomic E-state index is -0.0870. The molecule has 0 fully saturated rings. The summed E-state index contributed by atoms with van der Waals surface area (Å²) in [6, 6.07) is 25.6. The van der Waals surface area contributed by atoms with Gasteiger partial charge in [-0.15, -0.1) is 0 Å². The smallest absolute Gasteiger partial charge is 0.264 e. The van der Waals surface area contributed by atoms with Crippen molar-refractivity contribution in [3.8, 4) is 22.6 Å². The first-order valence-corrected chi connectivity index (χ1v) is 10.1. The van der Waals surface area contributed by atoms with Gasteiger partial charge >= 0.3 is 5.69 Å². The van der Waals surface area contributed by atoms with E-state index < -0.39 is 0 Å². The SMILES string of the molecule is Cc1c(-c2ccccc2)n(-c2ccc(Br)cc2)c(=O)n1-c1ccc(Br)cc1. The molecule has 0 amide bonds. The maximum Gasteiger partial charge on any atom is 0.338 e. The normalized spacial score (nSPS) is 10.9. The van der Waals surface area contributed by atoms with Crippen molar-refractivity contribution in [3.05, 3.63) is 104 Å². The van der Waals surface area contributed by atoms with Crippen LogP contribution in [0.15, 0.2) is 92.6 Å². The second kappa shape index (κ2) is 7.33. The van der Waals surface area contributed by atoms with E-state index in [9.17, 15) is 4.79 Å². The van der Waals surface area contributed by atoms with Gasteiger partial charge in [0.05, 0.1) is 17.1 Å². The van der Waals surface area contributed by atoms with E-state index in [4.69, 9.17) is 0 Å². The molecule has 0 saturated carbocycles. The number of imidazole rings is 1. The fourth-order valence-electron chi connectivity index (χ4n) is 3.26. The van der Waals surface area contributed by atoms with Crippen molar-refractivity contribution >= 4 is 31.9 Å². The van der Waals surface area contributed by atoms with E-state index >= 15 is 0 Å². The Bertz CT molecular complexity index is 1140. The largest absolute Gasteiger partial charge is 0.338 e. The van der Waals surface area contributed by atoms with E-state index in [0.717, 1.165) is 37.3 Å². The minimum absolute atomic E-state index is 0.0870. The highest BCUT2D eigenvalue weighted by atomic mass is 79.9. The molecule has 0 bridgehead atoms. The van der Waals surface area contributed by atoms with Crippen LogP contribution in [0, 0.1) is 6.92 Å². The van der Waals surface area contributed by atoms with Crippen LogP contribution in [0.1, 0.15) is 5.69 Å². The van der Waals surface area contributed by atoms with Crippen LogP contribution in [0.3, 0.4) is 0 Å². The number of hydrogen-bond acceptors (Lipinski definition) is 1. The van der Waals surface area contributed by atoms with Crippen molar-refractivity contribution in [1.29, 1.82) is 0 Å². The van der Waals surface area contributed by atoms with Gasteiger partial charge in [0.15, 0.2) is 0 Å². The topological polar surface area (TPSA) is 26.9 Å². The summed E-state index contributed by atoms with van der Waals surface area (Å²) in [5, 5.41) is 0. The summed E-state index contributed by atoms with van der Waals surface area (Å²) in [5.74, 6) is 0. The van der Waals surface area contributed by atoms with E-state index in [0.29, 0.717) is 0 Å². The zero-order valence-electron chi connectivity index (χ0n) is 14.6. The molecule has 0 radical (unpaired) electrons. The Labute approximate surface area is 174 Å². The zero-order valence-corrected chi connectivity index (χ0v) is 17.7. The molecule has 0 aliphatic carbocycles. The quantitative estimate of drug-likeness (QED) is 0.344. The molecule has 27 heavy (non-hydrogen) atoms. The highest BCUT2D eigenvalue weighted by Crippen LogP contribution is 2.28. The molecule has 0 N–H and O–H groups in total. The predicted octanol–water partition coefficient (Wildman–Crippen LogP) is 6.13. The standard InChI is InChI=1S/C22H16Br2N2O/c1-15-21(16-5-3-2-4-6-16)26(20-13-9-18(24)10-14-20)22(27)25(15)19-11-7-17(23)8-12-19/h2-14H,1H3. The molecule has 0 saturated heterocycles. The monoisotopic (exact) mass is 482 g/mol. The molecule has 4 aromatic rings. The molecule has 0 aliphatic heterocycles. The van der Waals surface area contributed by atoms with Crippen molar-refractivity contribution in [2.45, 2.75) is 6.92 Å². The third-order valence-electron chi connectivity index (χ3n) is 4.50. The lowest BCUT2D eigenvalue weighted by Crippen LogP contribution is -2.22. The molecule has 0 atom stereocenters. The first kappa shape index (κ1) is 18.0. The number of hydrogen-bond donors (Lipinski definition) is 0. The van der Waals surface area contributed by atoms with Crippen LogP contribution in [0.5, 0.6) is 0 Å². The van der Waals surface area contributed by atoms with Crippen LogP contribution < -0.4 is 5.69 Å². The first-order valence-electron chi connectivity index (χ1n) is 8.48. The van der Waals surface area contributed by atoms with Gasteiger partial charge in [0.1, 0.15) is 0 Å². The van der Waals surface area contributed by atoms with Crippen LogP contribution in [-0.4, -0.2) is 9.13 Å². The number of aromatic nitrogens is 2. The molecular formula is C22H16Br2N2O. The van der Waals surface area contributed by atoms with E-state index in [1.165, 1.54) is 0 Å².